The topological polar surface area (TPSA) is 50.4 Å². The van der Waals surface area contributed by atoms with E-state index in [0.29, 0.717) is 6.61 Å². The van der Waals surface area contributed by atoms with Crippen molar-refractivity contribution in [1.29, 1.82) is 0 Å². The third kappa shape index (κ3) is 4.82. The number of rotatable bonds is 2. The summed E-state index contributed by atoms with van der Waals surface area (Å²) in [6.45, 7) is 6.05. The van der Waals surface area contributed by atoms with Crippen LogP contribution >= 0.6 is 12.2 Å². The Balaban J connectivity index is 2.59. The molecule has 0 radical (unpaired) electrons. The maximum Gasteiger partial charge on any atom is 0.413 e. The molecule has 1 aromatic carbocycles. The predicted octanol–water partition coefficient (Wildman–Crippen LogP) is 2.75. The van der Waals surface area contributed by atoms with Gasteiger partial charge < -0.3 is 10.1 Å². The van der Waals surface area contributed by atoms with E-state index in [1.807, 2.05) is 26.0 Å². The van der Waals surface area contributed by atoms with Crippen LogP contribution in [0.2, 0.25) is 0 Å². The molecule has 0 aliphatic carbocycles. The zero-order chi connectivity index (χ0) is 12.8. The molecule has 0 fully saturated rings. The second kappa shape index (κ2) is 6.20. The number of ether oxygens (including phenoxy) is 1. The van der Waals surface area contributed by atoms with Gasteiger partial charge in [-0.15, -0.1) is 0 Å². The van der Waals surface area contributed by atoms with Crippen LogP contribution < -0.4 is 10.6 Å². The normalized spacial score (nSPS) is 9.59. The Morgan fingerprint density at radius 2 is 1.88 bits per heavy atom. The van der Waals surface area contributed by atoms with Crippen LogP contribution in [0, 0.1) is 13.8 Å². The molecule has 2 N–H and O–H groups in total. The standard InChI is InChI=1S/C12H16N2O2S/c1-4-16-12(15)14-11(17)13-10-6-8(2)5-9(3)7-10/h5-7H,4H2,1-3H3,(H2,13,14,15,17). The first-order chi connectivity index (χ1) is 8.01. The molecule has 17 heavy (non-hydrogen) atoms. The van der Waals surface area contributed by atoms with Crippen LogP contribution in [0.3, 0.4) is 0 Å². The summed E-state index contributed by atoms with van der Waals surface area (Å²) in [4.78, 5) is 11.1. The van der Waals surface area contributed by atoms with Gasteiger partial charge >= 0.3 is 6.09 Å². The Kier molecular flexibility index (Phi) is 4.90. The fourth-order valence-corrected chi connectivity index (χ4v) is 1.67. The van der Waals surface area contributed by atoms with Gasteiger partial charge in [0.25, 0.3) is 0 Å². The molecule has 1 amide bonds. The number of amides is 1. The highest BCUT2D eigenvalue weighted by Gasteiger charge is 2.04. The van der Waals surface area contributed by atoms with Gasteiger partial charge in [0.2, 0.25) is 0 Å². The quantitative estimate of drug-likeness (QED) is 0.795. The van der Waals surface area contributed by atoms with Crippen molar-refractivity contribution < 1.29 is 9.53 Å². The van der Waals surface area contributed by atoms with Crippen molar-refractivity contribution in [2.75, 3.05) is 11.9 Å². The molecule has 0 atom stereocenters. The Bertz CT molecular complexity index is 412. The second-order valence-corrected chi connectivity index (χ2v) is 4.08. The van der Waals surface area contributed by atoms with E-state index in [2.05, 4.69) is 16.7 Å². The fourth-order valence-electron chi connectivity index (χ4n) is 1.47. The summed E-state index contributed by atoms with van der Waals surface area (Å²) >= 11 is 4.99. The van der Waals surface area contributed by atoms with Crippen LogP contribution in [0.25, 0.3) is 0 Å². The molecule has 0 aliphatic rings. The number of nitrogens with one attached hydrogen (secondary N) is 2. The van der Waals surface area contributed by atoms with Gasteiger partial charge in [0.05, 0.1) is 6.61 Å². The molecule has 5 heteroatoms. The maximum atomic E-state index is 11.1. The van der Waals surface area contributed by atoms with Gasteiger partial charge in [0.15, 0.2) is 5.11 Å². The first-order valence-corrected chi connectivity index (χ1v) is 5.75. The number of benzene rings is 1. The largest absolute Gasteiger partial charge is 0.450 e. The predicted molar refractivity (Wildman–Crippen MR) is 72.3 cm³/mol. The van der Waals surface area contributed by atoms with Crippen molar-refractivity contribution in [2.45, 2.75) is 20.8 Å². The van der Waals surface area contributed by atoms with Crippen molar-refractivity contribution in [2.24, 2.45) is 0 Å². The third-order valence-corrected chi connectivity index (χ3v) is 2.17. The van der Waals surface area contributed by atoms with E-state index in [1.54, 1.807) is 6.92 Å². The van der Waals surface area contributed by atoms with Gasteiger partial charge in [-0.2, -0.15) is 0 Å². The second-order valence-electron chi connectivity index (χ2n) is 3.68. The maximum absolute atomic E-state index is 11.1. The summed E-state index contributed by atoms with van der Waals surface area (Å²) in [5.41, 5.74) is 3.11. The monoisotopic (exact) mass is 252 g/mol. The SMILES string of the molecule is CCOC(=O)NC(=S)Nc1cc(C)cc(C)c1. The lowest BCUT2D eigenvalue weighted by atomic mass is 10.1. The van der Waals surface area contributed by atoms with Crippen molar-refractivity contribution in [3.63, 3.8) is 0 Å². The first-order valence-electron chi connectivity index (χ1n) is 5.34. The van der Waals surface area contributed by atoms with Gasteiger partial charge in [0.1, 0.15) is 0 Å². The molecule has 1 aromatic rings. The summed E-state index contributed by atoms with van der Waals surface area (Å²) in [5, 5.41) is 5.59. The molecule has 0 aliphatic heterocycles. The molecule has 0 aromatic heterocycles. The minimum Gasteiger partial charge on any atom is -0.450 e. The highest BCUT2D eigenvalue weighted by molar-refractivity contribution is 7.80. The van der Waals surface area contributed by atoms with E-state index in [0.717, 1.165) is 16.8 Å². The minimum absolute atomic E-state index is 0.230. The van der Waals surface area contributed by atoms with Gasteiger partial charge in [-0.3, -0.25) is 5.32 Å². The van der Waals surface area contributed by atoms with E-state index in [1.165, 1.54) is 0 Å². The summed E-state index contributed by atoms with van der Waals surface area (Å²) in [6, 6.07) is 5.96. The molecular weight excluding hydrogens is 236 g/mol. The van der Waals surface area contributed by atoms with E-state index < -0.39 is 6.09 Å². The number of hydrogen-bond acceptors (Lipinski definition) is 3. The first kappa shape index (κ1) is 13.4. The van der Waals surface area contributed by atoms with Crippen LogP contribution in [-0.2, 0) is 4.74 Å². The molecule has 4 nitrogen and oxygen atoms in total. The van der Waals surface area contributed by atoms with Gasteiger partial charge in [0, 0.05) is 5.69 Å². The van der Waals surface area contributed by atoms with Gasteiger partial charge in [-0.05, 0) is 56.2 Å². The third-order valence-electron chi connectivity index (χ3n) is 1.97. The Hall–Kier alpha value is -1.62. The zero-order valence-corrected chi connectivity index (χ0v) is 11.0. The Labute approximate surface area is 106 Å². The average molecular weight is 252 g/mol. The molecule has 0 saturated heterocycles. The number of carbonyl (C=O) groups excluding carboxylic acids is 1. The lowest BCUT2D eigenvalue weighted by Gasteiger charge is -2.10. The van der Waals surface area contributed by atoms with Crippen LogP contribution in [0.15, 0.2) is 18.2 Å². The number of anilines is 1. The van der Waals surface area contributed by atoms with Crippen molar-refractivity contribution in [3.8, 4) is 0 Å². The Morgan fingerprint density at radius 1 is 1.29 bits per heavy atom. The molecule has 0 heterocycles. The van der Waals surface area contributed by atoms with Crippen LogP contribution in [0.5, 0.6) is 0 Å². The Morgan fingerprint density at radius 3 is 2.41 bits per heavy atom. The molecule has 0 saturated carbocycles. The lowest BCUT2D eigenvalue weighted by molar-refractivity contribution is 0.158. The lowest BCUT2D eigenvalue weighted by Crippen LogP contribution is -2.34. The highest BCUT2D eigenvalue weighted by atomic mass is 32.1. The number of thiocarbonyl (C=S) groups is 1. The molecule has 1 rings (SSSR count). The van der Waals surface area contributed by atoms with Crippen LogP contribution in [-0.4, -0.2) is 17.8 Å². The van der Waals surface area contributed by atoms with Gasteiger partial charge in [-0.1, -0.05) is 6.07 Å². The summed E-state index contributed by atoms with van der Waals surface area (Å²) < 4.78 is 4.72. The molecule has 0 bridgehead atoms. The number of carbonyl (C=O) groups is 1. The summed E-state index contributed by atoms with van der Waals surface area (Å²) in [5.74, 6) is 0. The van der Waals surface area contributed by atoms with Crippen LogP contribution in [0.1, 0.15) is 18.1 Å². The van der Waals surface area contributed by atoms with E-state index in [4.69, 9.17) is 17.0 Å². The smallest absolute Gasteiger partial charge is 0.413 e. The molecule has 92 valence electrons. The van der Waals surface area contributed by atoms with Crippen molar-refractivity contribution in [3.05, 3.63) is 29.3 Å². The number of aryl methyl sites for hydroxylation is 2. The molecule has 0 spiro atoms. The fraction of sp³-hybridized carbons (Fsp3) is 0.333. The van der Waals surface area contributed by atoms with Crippen LogP contribution in [0.4, 0.5) is 10.5 Å². The van der Waals surface area contributed by atoms with E-state index in [9.17, 15) is 4.79 Å². The summed E-state index contributed by atoms with van der Waals surface area (Å²) in [6.07, 6.45) is -0.547. The van der Waals surface area contributed by atoms with Crippen molar-refractivity contribution in [1.82, 2.24) is 5.32 Å². The number of alkyl carbamates (subject to hydrolysis) is 1. The van der Waals surface area contributed by atoms with Crippen molar-refractivity contribution >= 4 is 29.1 Å². The molecule has 0 unspecified atom stereocenters. The average Bonchev–Trinajstić information content (AvgIpc) is 2.14. The minimum atomic E-state index is -0.547. The van der Waals surface area contributed by atoms with E-state index >= 15 is 0 Å². The molecular formula is C12H16N2O2S. The zero-order valence-electron chi connectivity index (χ0n) is 10.2. The number of hydrogen-bond donors (Lipinski definition) is 2. The van der Waals surface area contributed by atoms with E-state index in [-0.39, 0.29) is 5.11 Å². The summed E-state index contributed by atoms with van der Waals surface area (Å²) in [7, 11) is 0. The highest BCUT2D eigenvalue weighted by Crippen LogP contribution is 2.13. The van der Waals surface area contributed by atoms with Gasteiger partial charge in [-0.25, -0.2) is 4.79 Å².